The number of likely N-dealkylation sites (N-methyl/N-ethyl adjacent to an activating group) is 1. The predicted octanol–water partition coefficient (Wildman–Crippen LogP) is 1.93. The first kappa shape index (κ1) is 15.0. The molecule has 0 aliphatic carbocycles. The molecule has 5 heteroatoms. The summed E-state index contributed by atoms with van der Waals surface area (Å²) >= 11 is 0. The van der Waals surface area contributed by atoms with Crippen LogP contribution >= 0.6 is 0 Å². The lowest BCUT2D eigenvalue weighted by Crippen LogP contribution is -2.33. The fourth-order valence-electron chi connectivity index (χ4n) is 1.82. The summed E-state index contributed by atoms with van der Waals surface area (Å²) in [6.45, 7) is 3.93. The Hall–Kier alpha value is -1.04. The highest BCUT2D eigenvalue weighted by Crippen LogP contribution is 2.22. The van der Waals surface area contributed by atoms with E-state index in [1.807, 2.05) is 18.9 Å². The third-order valence-electron chi connectivity index (χ3n) is 2.86. The number of hydrogen-bond donors (Lipinski definition) is 1. The van der Waals surface area contributed by atoms with Crippen molar-refractivity contribution in [1.29, 1.82) is 0 Å². The van der Waals surface area contributed by atoms with Crippen molar-refractivity contribution in [3.05, 3.63) is 35.4 Å². The van der Waals surface area contributed by atoms with Gasteiger partial charge < -0.3 is 10.5 Å². The average molecular weight is 258 g/mol. The van der Waals surface area contributed by atoms with Gasteiger partial charge >= 0.3 is 0 Å². The van der Waals surface area contributed by atoms with E-state index in [0.29, 0.717) is 19.8 Å². The van der Waals surface area contributed by atoms with Crippen LogP contribution in [0.3, 0.4) is 0 Å². The van der Waals surface area contributed by atoms with E-state index < -0.39 is 11.6 Å². The van der Waals surface area contributed by atoms with Crippen molar-refractivity contribution in [3.8, 4) is 0 Å². The van der Waals surface area contributed by atoms with Crippen LogP contribution in [0.1, 0.15) is 18.5 Å². The number of nitrogens with zero attached hydrogens (tertiary/aromatic N) is 1. The van der Waals surface area contributed by atoms with Gasteiger partial charge in [-0.25, -0.2) is 8.78 Å². The molecule has 0 aromatic heterocycles. The second-order valence-electron chi connectivity index (χ2n) is 4.09. The van der Waals surface area contributed by atoms with Crippen LogP contribution in [-0.4, -0.2) is 38.3 Å². The number of ether oxygens (including phenoxy) is 1. The maximum Gasteiger partial charge on any atom is 0.128 e. The Morgan fingerprint density at radius 2 is 2.11 bits per heavy atom. The molecular formula is C13H20F2N2O. The molecule has 1 aromatic rings. The number of benzene rings is 1. The molecule has 102 valence electrons. The van der Waals surface area contributed by atoms with Crippen molar-refractivity contribution in [2.45, 2.75) is 13.0 Å². The van der Waals surface area contributed by atoms with E-state index >= 15 is 0 Å². The smallest absolute Gasteiger partial charge is 0.128 e. The lowest BCUT2D eigenvalue weighted by atomic mass is 10.0. The monoisotopic (exact) mass is 258 g/mol. The minimum Gasteiger partial charge on any atom is -0.380 e. The number of hydrogen-bond acceptors (Lipinski definition) is 3. The van der Waals surface area contributed by atoms with Gasteiger partial charge in [0.15, 0.2) is 0 Å². The molecule has 0 heterocycles. The fourth-order valence-corrected chi connectivity index (χ4v) is 1.82. The van der Waals surface area contributed by atoms with Gasteiger partial charge in [0, 0.05) is 31.3 Å². The fraction of sp³-hybridized carbons (Fsp3) is 0.538. The van der Waals surface area contributed by atoms with Gasteiger partial charge in [0.1, 0.15) is 11.6 Å². The zero-order valence-electron chi connectivity index (χ0n) is 10.8. The first-order valence-electron chi connectivity index (χ1n) is 6.03. The Balaban J connectivity index is 2.78. The van der Waals surface area contributed by atoms with Crippen LogP contribution in [0.2, 0.25) is 0 Å². The van der Waals surface area contributed by atoms with Crippen molar-refractivity contribution >= 4 is 0 Å². The Bertz CT molecular complexity index is 374. The summed E-state index contributed by atoms with van der Waals surface area (Å²) in [7, 11) is 1.82. The van der Waals surface area contributed by atoms with Crippen molar-refractivity contribution in [2.75, 3.05) is 33.4 Å². The maximum atomic E-state index is 13.7. The molecule has 0 amide bonds. The quantitative estimate of drug-likeness (QED) is 0.760. The number of halogens is 2. The summed E-state index contributed by atoms with van der Waals surface area (Å²) in [5.74, 6) is -0.891. The van der Waals surface area contributed by atoms with Crippen LogP contribution in [0.4, 0.5) is 8.78 Å². The summed E-state index contributed by atoms with van der Waals surface area (Å²) in [5.41, 5.74) is 5.95. The molecule has 0 saturated heterocycles. The molecule has 1 aromatic carbocycles. The molecule has 0 spiro atoms. The molecule has 3 nitrogen and oxygen atoms in total. The van der Waals surface area contributed by atoms with E-state index in [0.717, 1.165) is 12.1 Å². The highest BCUT2D eigenvalue weighted by atomic mass is 19.1. The van der Waals surface area contributed by atoms with Crippen LogP contribution in [0.5, 0.6) is 0 Å². The van der Waals surface area contributed by atoms with E-state index in [1.54, 1.807) is 0 Å². The molecular weight excluding hydrogens is 238 g/mol. The van der Waals surface area contributed by atoms with E-state index in [9.17, 15) is 8.78 Å². The van der Waals surface area contributed by atoms with Gasteiger partial charge in [-0.05, 0) is 32.2 Å². The molecule has 0 aliphatic rings. The molecule has 18 heavy (non-hydrogen) atoms. The van der Waals surface area contributed by atoms with E-state index in [2.05, 4.69) is 0 Å². The molecule has 0 fully saturated rings. The van der Waals surface area contributed by atoms with Crippen molar-refractivity contribution < 1.29 is 13.5 Å². The molecule has 0 radical (unpaired) electrons. The van der Waals surface area contributed by atoms with Crippen molar-refractivity contribution in [1.82, 2.24) is 4.90 Å². The van der Waals surface area contributed by atoms with Crippen LogP contribution in [0.15, 0.2) is 18.2 Å². The molecule has 1 unspecified atom stereocenters. The minimum absolute atomic E-state index is 0.225. The minimum atomic E-state index is -0.456. The summed E-state index contributed by atoms with van der Waals surface area (Å²) in [6.07, 6.45) is 0. The van der Waals surface area contributed by atoms with Gasteiger partial charge in [0.25, 0.3) is 0 Å². The molecule has 0 bridgehead atoms. The van der Waals surface area contributed by atoms with Crippen LogP contribution in [0.25, 0.3) is 0 Å². The van der Waals surface area contributed by atoms with Gasteiger partial charge in [0.05, 0.1) is 6.61 Å². The third-order valence-corrected chi connectivity index (χ3v) is 2.86. The van der Waals surface area contributed by atoms with Crippen LogP contribution in [0, 0.1) is 11.6 Å². The zero-order valence-corrected chi connectivity index (χ0v) is 10.8. The lowest BCUT2D eigenvalue weighted by molar-refractivity contribution is 0.107. The summed E-state index contributed by atoms with van der Waals surface area (Å²) in [5, 5.41) is 0. The molecule has 2 N–H and O–H groups in total. The summed E-state index contributed by atoms with van der Waals surface area (Å²) in [4.78, 5) is 1.87. The predicted molar refractivity (Wildman–Crippen MR) is 67.3 cm³/mol. The number of nitrogens with two attached hydrogens (primary N) is 1. The SMILES string of the molecule is CCOCCN(C)C(CN)c1cc(F)ccc1F. The number of rotatable bonds is 7. The Morgan fingerprint density at radius 1 is 1.39 bits per heavy atom. The van der Waals surface area contributed by atoms with E-state index in [1.165, 1.54) is 6.07 Å². The standard InChI is InChI=1S/C13H20F2N2O/c1-3-18-7-6-17(2)13(9-16)11-8-10(14)4-5-12(11)15/h4-5,8,13H,3,6-7,9,16H2,1-2H3. The van der Waals surface area contributed by atoms with Gasteiger partial charge in [0.2, 0.25) is 0 Å². The Kier molecular flexibility index (Phi) is 6.18. The van der Waals surface area contributed by atoms with Gasteiger partial charge in [-0.3, -0.25) is 4.90 Å². The molecule has 0 saturated carbocycles. The van der Waals surface area contributed by atoms with Crippen molar-refractivity contribution in [3.63, 3.8) is 0 Å². The largest absolute Gasteiger partial charge is 0.380 e. The second kappa shape index (κ2) is 7.41. The van der Waals surface area contributed by atoms with E-state index in [-0.39, 0.29) is 18.2 Å². The van der Waals surface area contributed by atoms with Gasteiger partial charge in [-0.15, -0.1) is 0 Å². The van der Waals surface area contributed by atoms with Crippen LogP contribution in [-0.2, 0) is 4.74 Å². The normalized spacial score (nSPS) is 13.0. The summed E-state index contributed by atoms with van der Waals surface area (Å²) in [6, 6.07) is 3.08. The summed E-state index contributed by atoms with van der Waals surface area (Å²) < 4.78 is 32.1. The highest BCUT2D eigenvalue weighted by Gasteiger charge is 2.19. The first-order chi connectivity index (χ1) is 8.60. The van der Waals surface area contributed by atoms with E-state index in [4.69, 9.17) is 10.5 Å². The molecule has 1 rings (SSSR count). The second-order valence-corrected chi connectivity index (χ2v) is 4.09. The molecule has 1 atom stereocenters. The zero-order chi connectivity index (χ0) is 13.5. The van der Waals surface area contributed by atoms with Crippen LogP contribution < -0.4 is 5.73 Å². The Labute approximate surface area is 107 Å². The maximum absolute atomic E-state index is 13.7. The highest BCUT2D eigenvalue weighted by molar-refractivity contribution is 5.22. The lowest BCUT2D eigenvalue weighted by Gasteiger charge is -2.27. The average Bonchev–Trinajstić information content (AvgIpc) is 2.35. The van der Waals surface area contributed by atoms with Crippen molar-refractivity contribution in [2.24, 2.45) is 5.73 Å². The topological polar surface area (TPSA) is 38.5 Å². The molecule has 0 aliphatic heterocycles. The van der Waals surface area contributed by atoms with Gasteiger partial charge in [-0.1, -0.05) is 0 Å². The third kappa shape index (κ3) is 4.01. The first-order valence-corrected chi connectivity index (χ1v) is 6.03. The Morgan fingerprint density at radius 3 is 2.72 bits per heavy atom. The van der Waals surface area contributed by atoms with Gasteiger partial charge in [-0.2, -0.15) is 0 Å².